The fourth-order valence-electron chi connectivity index (χ4n) is 3.70. The van der Waals surface area contributed by atoms with Crippen LogP contribution in [-0.4, -0.2) is 18.3 Å². The van der Waals surface area contributed by atoms with E-state index in [1.807, 2.05) is 0 Å². The molecule has 144 valence electrons. The summed E-state index contributed by atoms with van der Waals surface area (Å²) in [5.41, 5.74) is -0.329. The van der Waals surface area contributed by atoms with Crippen LogP contribution in [0.2, 0.25) is 5.82 Å². The van der Waals surface area contributed by atoms with Gasteiger partial charge in [-0.25, -0.2) is 0 Å². The smallest absolute Gasteiger partial charge is 0.403 e. The van der Waals surface area contributed by atoms with Gasteiger partial charge < -0.3 is 24.2 Å². The molecule has 0 radical (unpaired) electrons. The molecule has 0 bridgehead atoms. The summed E-state index contributed by atoms with van der Waals surface area (Å²) in [5, 5.41) is 0. The van der Waals surface area contributed by atoms with Crippen LogP contribution < -0.4 is 0 Å². The number of rotatable bonds is 2. The van der Waals surface area contributed by atoms with Gasteiger partial charge in [-0.2, -0.15) is 0 Å². The topological polar surface area (TPSA) is 18.5 Å². The van der Waals surface area contributed by atoms with E-state index in [4.69, 9.17) is 9.31 Å². The van der Waals surface area contributed by atoms with E-state index in [2.05, 4.69) is 34.6 Å². The van der Waals surface area contributed by atoms with Gasteiger partial charge in [-0.1, -0.05) is 58.3 Å². The molecule has 2 unspecified atom stereocenters. The van der Waals surface area contributed by atoms with Crippen molar-refractivity contribution < 1.29 is 26.4 Å². The van der Waals surface area contributed by atoms with Crippen LogP contribution >= 0.6 is 0 Å². The first-order valence-electron chi connectivity index (χ1n) is 9.21. The minimum atomic E-state index is -0.165. The first-order chi connectivity index (χ1) is 9.86. The van der Waals surface area contributed by atoms with Crippen molar-refractivity contribution in [1.29, 1.82) is 0 Å². The minimum absolute atomic E-state index is 0. The van der Waals surface area contributed by atoms with Crippen LogP contribution in [0.1, 0.15) is 92.4 Å². The summed E-state index contributed by atoms with van der Waals surface area (Å²) in [7, 11) is 0.0292. The molecule has 4 heteroatoms. The summed E-state index contributed by atoms with van der Waals surface area (Å²) in [4.78, 5) is 0. The van der Waals surface area contributed by atoms with Crippen LogP contribution in [0.5, 0.6) is 0 Å². The van der Waals surface area contributed by atoms with Crippen LogP contribution in [0.25, 0.3) is 0 Å². The van der Waals surface area contributed by atoms with Crippen LogP contribution in [-0.2, 0) is 26.4 Å². The molecule has 3 fully saturated rings. The fraction of sp³-hybridized carbons (Fsp3) is 0.900. The first-order valence-corrected chi connectivity index (χ1v) is 9.21. The van der Waals surface area contributed by atoms with Crippen molar-refractivity contribution in [2.75, 3.05) is 0 Å². The molecule has 3 rings (SSSR count). The van der Waals surface area contributed by atoms with E-state index in [-0.39, 0.29) is 50.2 Å². The molecule has 0 aromatic rings. The molecule has 0 aromatic carbocycles. The summed E-state index contributed by atoms with van der Waals surface area (Å²) in [6.45, 7) is 10.8. The zero-order valence-electron chi connectivity index (χ0n) is 17.3. The van der Waals surface area contributed by atoms with E-state index in [0.29, 0.717) is 5.82 Å². The molecule has 0 spiro atoms. The summed E-state index contributed by atoms with van der Waals surface area (Å²) in [5.74, 6) is 1.51. The molecule has 1 heterocycles. The Bertz CT molecular complexity index is 306. The maximum Gasteiger partial charge on any atom is 2.00 e. The van der Waals surface area contributed by atoms with Crippen molar-refractivity contribution in [3.05, 3.63) is 14.9 Å². The molecule has 2 saturated carbocycles. The van der Waals surface area contributed by atoms with Crippen molar-refractivity contribution >= 4 is 7.12 Å². The molecular weight excluding hydrogens is 339 g/mol. The molecule has 0 amide bonds. The monoisotopic (exact) mass is 380 g/mol. The second kappa shape index (κ2) is 11.3. The molecule has 2 nitrogen and oxygen atoms in total. The zero-order chi connectivity index (χ0) is 15.5. The number of hydrogen-bond acceptors (Lipinski definition) is 2. The van der Waals surface area contributed by atoms with E-state index in [9.17, 15) is 0 Å². The van der Waals surface area contributed by atoms with E-state index < -0.39 is 0 Å². The third-order valence-corrected chi connectivity index (χ3v) is 6.07. The van der Waals surface area contributed by atoms with Crippen LogP contribution in [0.3, 0.4) is 0 Å². The predicted octanol–water partition coefficient (Wildman–Crippen LogP) is 6.51. The molecule has 24 heavy (non-hydrogen) atoms. The summed E-state index contributed by atoms with van der Waals surface area (Å²) in [6, 6.07) is 0. The maximum atomic E-state index is 6.12. The largest absolute Gasteiger partial charge is 2.00 e. The van der Waals surface area contributed by atoms with Crippen molar-refractivity contribution in [3.63, 3.8) is 0 Å². The Balaban J connectivity index is 0. The quantitative estimate of drug-likeness (QED) is 0.402. The molecule has 0 N–H and O–H groups in total. The average Bonchev–Trinajstić information content (AvgIpc) is 3.13. The Morgan fingerprint density at radius 1 is 0.833 bits per heavy atom. The van der Waals surface area contributed by atoms with Gasteiger partial charge in [0.1, 0.15) is 0 Å². The van der Waals surface area contributed by atoms with Gasteiger partial charge in [0.05, 0.1) is 11.2 Å². The van der Waals surface area contributed by atoms with E-state index in [0.717, 1.165) is 5.92 Å². The molecule has 3 aliphatic rings. The van der Waals surface area contributed by atoms with Gasteiger partial charge in [0.25, 0.3) is 0 Å². The van der Waals surface area contributed by atoms with Crippen LogP contribution in [0, 0.1) is 20.8 Å². The molecular formula is C20H41BFeO2. The Morgan fingerprint density at radius 3 is 1.58 bits per heavy atom. The average molecular weight is 380 g/mol. The SMILES string of the molecule is C1CCCC1.CCC1CCC(B2OC(C)(C)C(C)(C)O2)C1.[CH3-].[CH3-].[Fe+2]. The van der Waals surface area contributed by atoms with E-state index in [1.54, 1.807) is 0 Å². The molecule has 1 saturated heterocycles. The fourth-order valence-corrected chi connectivity index (χ4v) is 3.70. The Hall–Kier alpha value is 0.504. The number of hydrogen-bond donors (Lipinski definition) is 0. The van der Waals surface area contributed by atoms with Crippen molar-refractivity contribution in [1.82, 2.24) is 0 Å². The van der Waals surface area contributed by atoms with Gasteiger partial charge in [-0.3, -0.25) is 0 Å². The Labute approximate surface area is 163 Å². The maximum absolute atomic E-state index is 6.12. The normalized spacial score (nSPS) is 29.6. The van der Waals surface area contributed by atoms with Gasteiger partial charge in [0, 0.05) is 0 Å². The predicted molar refractivity (Wildman–Crippen MR) is 103 cm³/mol. The van der Waals surface area contributed by atoms with Crippen molar-refractivity contribution in [2.24, 2.45) is 5.92 Å². The van der Waals surface area contributed by atoms with E-state index >= 15 is 0 Å². The summed E-state index contributed by atoms with van der Waals surface area (Å²) in [6.07, 6.45) is 12.7. The molecule has 1 aliphatic heterocycles. The second-order valence-corrected chi connectivity index (χ2v) is 8.24. The Kier molecular flexibility index (Phi) is 12.5. The van der Waals surface area contributed by atoms with Gasteiger partial charge in [0.2, 0.25) is 0 Å². The molecule has 2 atom stereocenters. The molecule has 2 aliphatic carbocycles. The third-order valence-electron chi connectivity index (χ3n) is 6.07. The van der Waals surface area contributed by atoms with Gasteiger partial charge in [-0.15, -0.1) is 0 Å². The van der Waals surface area contributed by atoms with Crippen molar-refractivity contribution in [2.45, 2.75) is 109 Å². The standard InChI is InChI=1S/C13H25BO2.C5H10.2CH3.Fe/c1-6-10-7-8-11(9-10)14-15-12(2,3)13(4,5)16-14;1-2-4-5-3-1;;;/h10-11H,6-9H2,1-5H3;1-5H2;2*1H3;/q;;2*-1;+2. The summed E-state index contributed by atoms with van der Waals surface area (Å²) >= 11 is 0. The van der Waals surface area contributed by atoms with Crippen molar-refractivity contribution in [3.8, 4) is 0 Å². The van der Waals surface area contributed by atoms with Crippen LogP contribution in [0.15, 0.2) is 0 Å². The minimum Gasteiger partial charge on any atom is -0.403 e. The van der Waals surface area contributed by atoms with Crippen LogP contribution in [0.4, 0.5) is 0 Å². The Morgan fingerprint density at radius 2 is 1.25 bits per heavy atom. The summed E-state index contributed by atoms with van der Waals surface area (Å²) < 4.78 is 12.2. The van der Waals surface area contributed by atoms with Gasteiger partial charge >= 0.3 is 24.2 Å². The first kappa shape index (κ1) is 26.7. The van der Waals surface area contributed by atoms with Gasteiger partial charge in [0.15, 0.2) is 0 Å². The third kappa shape index (κ3) is 6.67. The zero-order valence-corrected chi connectivity index (χ0v) is 18.4. The van der Waals surface area contributed by atoms with Gasteiger partial charge in [-0.05, 0) is 45.9 Å². The second-order valence-electron chi connectivity index (χ2n) is 8.24. The molecule has 0 aromatic heterocycles. The van der Waals surface area contributed by atoms with E-state index in [1.165, 1.54) is 57.8 Å².